The van der Waals surface area contributed by atoms with E-state index < -0.39 is 11.7 Å². The standard InChI is InChI=1S/C14H17ClN2O2/c1-14(2,3)7-17(4)11-6-10-8(5-9(11)15)12(18)13(19)16-10/h5-6H,7H2,1-4H3,(H,16,18,19). The van der Waals surface area contributed by atoms with Gasteiger partial charge in [0.2, 0.25) is 0 Å². The Labute approximate surface area is 117 Å². The zero-order chi connectivity index (χ0) is 14.4. The largest absolute Gasteiger partial charge is 0.373 e. The fourth-order valence-corrected chi connectivity index (χ4v) is 2.55. The lowest BCUT2D eigenvalue weighted by molar-refractivity contribution is -0.112. The molecule has 1 aromatic rings. The monoisotopic (exact) mass is 280 g/mol. The number of benzene rings is 1. The third kappa shape index (κ3) is 2.73. The Morgan fingerprint density at radius 2 is 1.89 bits per heavy atom. The van der Waals surface area contributed by atoms with Gasteiger partial charge in [0.1, 0.15) is 0 Å². The first kappa shape index (κ1) is 13.9. The van der Waals surface area contributed by atoms with Gasteiger partial charge in [0.05, 0.1) is 22.0 Å². The molecule has 0 aromatic heterocycles. The zero-order valence-corrected chi connectivity index (χ0v) is 12.3. The first-order valence-corrected chi connectivity index (χ1v) is 6.47. The first-order valence-electron chi connectivity index (χ1n) is 6.09. The molecule has 4 nitrogen and oxygen atoms in total. The van der Waals surface area contributed by atoms with Crippen molar-refractivity contribution in [1.29, 1.82) is 0 Å². The third-order valence-electron chi connectivity index (χ3n) is 2.91. The summed E-state index contributed by atoms with van der Waals surface area (Å²) in [6.45, 7) is 7.22. The van der Waals surface area contributed by atoms with Crippen LogP contribution in [0.1, 0.15) is 31.1 Å². The van der Waals surface area contributed by atoms with Crippen LogP contribution in [0.25, 0.3) is 0 Å². The molecule has 102 valence electrons. The van der Waals surface area contributed by atoms with Gasteiger partial charge in [-0.05, 0) is 17.5 Å². The van der Waals surface area contributed by atoms with Crippen LogP contribution in [-0.2, 0) is 4.79 Å². The number of carbonyl (C=O) groups is 2. The molecule has 1 amide bonds. The number of hydrogen-bond acceptors (Lipinski definition) is 3. The van der Waals surface area contributed by atoms with Crippen molar-refractivity contribution in [3.8, 4) is 0 Å². The minimum absolute atomic E-state index is 0.121. The molecule has 1 N–H and O–H groups in total. The number of hydrogen-bond donors (Lipinski definition) is 1. The van der Waals surface area contributed by atoms with Crippen molar-refractivity contribution in [2.45, 2.75) is 20.8 Å². The number of halogens is 1. The predicted molar refractivity (Wildman–Crippen MR) is 77.1 cm³/mol. The third-order valence-corrected chi connectivity index (χ3v) is 3.21. The van der Waals surface area contributed by atoms with E-state index in [2.05, 4.69) is 26.1 Å². The summed E-state index contributed by atoms with van der Waals surface area (Å²) in [7, 11) is 1.94. The molecule has 0 atom stereocenters. The minimum atomic E-state index is -0.596. The quantitative estimate of drug-likeness (QED) is 0.848. The molecule has 0 saturated carbocycles. The zero-order valence-electron chi connectivity index (χ0n) is 11.5. The van der Waals surface area contributed by atoms with E-state index in [4.69, 9.17) is 11.6 Å². The highest BCUT2D eigenvalue weighted by molar-refractivity contribution is 6.52. The fourth-order valence-electron chi connectivity index (χ4n) is 2.24. The molecule has 1 aliphatic heterocycles. The van der Waals surface area contributed by atoms with Crippen LogP contribution in [0.15, 0.2) is 12.1 Å². The predicted octanol–water partition coefficient (Wildman–Crippen LogP) is 2.96. The first-order chi connectivity index (χ1) is 8.69. The molecule has 1 aromatic carbocycles. The van der Waals surface area contributed by atoms with Crippen molar-refractivity contribution in [1.82, 2.24) is 0 Å². The van der Waals surface area contributed by atoms with E-state index in [1.807, 2.05) is 11.9 Å². The fraction of sp³-hybridized carbons (Fsp3) is 0.429. The Hall–Kier alpha value is -1.55. The number of amides is 1. The Kier molecular flexibility index (Phi) is 3.31. The Balaban J connectivity index is 2.37. The molecule has 2 rings (SSSR count). The maximum atomic E-state index is 11.6. The van der Waals surface area contributed by atoms with E-state index >= 15 is 0 Å². The molecule has 0 bridgehead atoms. The highest BCUT2D eigenvalue weighted by atomic mass is 35.5. The lowest BCUT2D eigenvalue weighted by atomic mass is 9.96. The van der Waals surface area contributed by atoms with Crippen molar-refractivity contribution < 1.29 is 9.59 Å². The second-order valence-electron chi connectivity index (χ2n) is 6.05. The van der Waals surface area contributed by atoms with Crippen molar-refractivity contribution in [3.05, 3.63) is 22.7 Å². The Bertz CT molecular complexity index is 561. The number of nitrogens with one attached hydrogen (secondary N) is 1. The molecule has 19 heavy (non-hydrogen) atoms. The van der Waals surface area contributed by atoms with Crippen LogP contribution in [0.3, 0.4) is 0 Å². The van der Waals surface area contributed by atoms with E-state index in [0.29, 0.717) is 16.3 Å². The molecule has 0 spiro atoms. The highest BCUT2D eigenvalue weighted by Gasteiger charge is 2.29. The van der Waals surface area contributed by atoms with Crippen LogP contribution in [0, 0.1) is 5.41 Å². The molecule has 0 fully saturated rings. The van der Waals surface area contributed by atoms with Crippen molar-refractivity contribution in [3.63, 3.8) is 0 Å². The summed E-state index contributed by atoms with van der Waals surface area (Å²) in [6, 6.07) is 3.32. The summed E-state index contributed by atoms with van der Waals surface area (Å²) >= 11 is 6.21. The second-order valence-corrected chi connectivity index (χ2v) is 6.46. The maximum Gasteiger partial charge on any atom is 0.296 e. The number of fused-ring (bicyclic) bond motifs is 1. The molecule has 0 radical (unpaired) electrons. The van der Waals surface area contributed by atoms with Gasteiger partial charge in [-0.2, -0.15) is 0 Å². The van der Waals surface area contributed by atoms with Gasteiger partial charge in [-0.1, -0.05) is 32.4 Å². The molecule has 1 heterocycles. The smallest absolute Gasteiger partial charge is 0.296 e. The van der Waals surface area contributed by atoms with Gasteiger partial charge in [0.25, 0.3) is 11.7 Å². The van der Waals surface area contributed by atoms with Gasteiger partial charge in [0.15, 0.2) is 0 Å². The van der Waals surface area contributed by atoms with E-state index in [-0.39, 0.29) is 5.41 Å². The molecule has 0 aliphatic carbocycles. The summed E-state index contributed by atoms with van der Waals surface area (Å²) in [5.41, 5.74) is 1.82. The summed E-state index contributed by atoms with van der Waals surface area (Å²) in [6.07, 6.45) is 0. The SMILES string of the molecule is CN(CC(C)(C)C)c1cc2c(cc1Cl)C(=O)C(=O)N2. The lowest BCUT2D eigenvalue weighted by Crippen LogP contribution is -2.29. The number of Topliss-reactive ketones (excluding diaryl/α,β-unsaturated/α-hetero) is 1. The number of carbonyl (C=O) groups excluding carboxylic acids is 2. The van der Waals surface area contributed by atoms with E-state index in [0.717, 1.165) is 12.2 Å². The van der Waals surface area contributed by atoms with E-state index in [9.17, 15) is 9.59 Å². The molecule has 0 unspecified atom stereocenters. The van der Waals surface area contributed by atoms with Crippen LogP contribution in [0.4, 0.5) is 11.4 Å². The number of ketones is 1. The Morgan fingerprint density at radius 1 is 1.26 bits per heavy atom. The molecule has 1 aliphatic rings. The van der Waals surface area contributed by atoms with Crippen LogP contribution < -0.4 is 10.2 Å². The summed E-state index contributed by atoms with van der Waals surface area (Å²) in [4.78, 5) is 24.9. The Morgan fingerprint density at radius 3 is 2.47 bits per heavy atom. The molecule has 0 saturated heterocycles. The molecular weight excluding hydrogens is 264 g/mol. The normalized spacial score (nSPS) is 14.4. The number of nitrogens with zero attached hydrogens (tertiary/aromatic N) is 1. The van der Waals surface area contributed by atoms with Crippen LogP contribution >= 0.6 is 11.6 Å². The van der Waals surface area contributed by atoms with E-state index in [1.165, 1.54) is 0 Å². The van der Waals surface area contributed by atoms with Gasteiger partial charge in [-0.25, -0.2) is 0 Å². The van der Waals surface area contributed by atoms with Gasteiger partial charge < -0.3 is 10.2 Å². The average Bonchev–Trinajstić information content (AvgIpc) is 2.52. The van der Waals surface area contributed by atoms with Crippen LogP contribution in [0.2, 0.25) is 5.02 Å². The molecule has 5 heteroatoms. The van der Waals surface area contributed by atoms with Crippen molar-refractivity contribution in [2.24, 2.45) is 5.41 Å². The molecular formula is C14H17ClN2O2. The van der Waals surface area contributed by atoms with Gasteiger partial charge >= 0.3 is 0 Å². The van der Waals surface area contributed by atoms with Crippen molar-refractivity contribution in [2.75, 3.05) is 23.8 Å². The average molecular weight is 281 g/mol. The maximum absolute atomic E-state index is 11.6. The minimum Gasteiger partial charge on any atom is -0.373 e. The van der Waals surface area contributed by atoms with Gasteiger partial charge in [-0.15, -0.1) is 0 Å². The topological polar surface area (TPSA) is 49.4 Å². The van der Waals surface area contributed by atoms with Crippen LogP contribution in [-0.4, -0.2) is 25.3 Å². The summed E-state index contributed by atoms with van der Waals surface area (Å²) < 4.78 is 0. The summed E-state index contributed by atoms with van der Waals surface area (Å²) in [5.74, 6) is -1.12. The summed E-state index contributed by atoms with van der Waals surface area (Å²) in [5, 5.41) is 3.04. The van der Waals surface area contributed by atoms with Crippen LogP contribution in [0.5, 0.6) is 0 Å². The number of rotatable bonds is 2. The van der Waals surface area contributed by atoms with Gasteiger partial charge in [0, 0.05) is 13.6 Å². The number of anilines is 2. The highest BCUT2D eigenvalue weighted by Crippen LogP contribution is 2.35. The van der Waals surface area contributed by atoms with Gasteiger partial charge in [-0.3, -0.25) is 9.59 Å². The second kappa shape index (κ2) is 4.53. The van der Waals surface area contributed by atoms with Crippen molar-refractivity contribution >= 4 is 34.7 Å². The lowest BCUT2D eigenvalue weighted by Gasteiger charge is -2.29. The van der Waals surface area contributed by atoms with E-state index in [1.54, 1.807) is 12.1 Å².